The predicted octanol–water partition coefficient (Wildman–Crippen LogP) is 3.24. The van der Waals surface area contributed by atoms with E-state index < -0.39 is 0 Å². The summed E-state index contributed by atoms with van der Waals surface area (Å²) >= 11 is 0. The second-order valence-electron chi connectivity index (χ2n) is 6.26. The third-order valence-corrected chi connectivity index (χ3v) is 4.78. The predicted molar refractivity (Wildman–Crippen MR) is 96.4 cm³/mol. The fourth-order valence-electron chi connectivity index (χ4n) is 3.17. The first-order valence-corrected chi connectivity index (χ1v) is 8.34. The van der Waals surface area contributed by atoms with E-state index in [1.807, 2.05) is 42.2 Å². The molecule has 1 atom stereocenters. The highest BCUT2D eigenvalue weighted by Gasteiger charge is 2.32. The molecule has 0 bridgehead atoms. The van der Waals surface area contributed by atoms with Gasteiger partial charge in [-0.3, -0.25) is 9.69 Å². The second-order valence-corrected chi connectivity index (χ2v) is 6.26. The summed E-state index contributed by atoms with van der Waals surface area (Å²) < 4.78 is 5.27. The summed E-state index contributed by atoms with van der Waals surface area (Å²) in [6, 6.07) is 15.9. The molecular weight excluding hydrogens is 300 g/mol. The SMILES string of the molecule is COc1cccc(N2CCN(Cc3ccccc3C)C(C)C2=O)c1. The van der Waals surface area contributed by atoms with E-state index in [9.17, 15) is 4.79 Å². The average Bonchev–Trinajstić information content (AvgIpc) is 2.61. The molecule has 2 aromatic carbocycles. The number of anilines is 1. The van der Waals surface area contributed by atoms with Crippen molar-refractivity contribution in [2.45, 2.75) is 26.4 Å². The topological polar surface area (TPSA) is 32.8 Å². The number of amides is 1. The van der Waals surface area contributed by atoms with Gasteiger partial charge in [0.25, 0.3) is 0 Å². The molecule has 0 spiro atoms. The summed E-state index contributed by atoms with van der Waals surface area (Å²) in [6.45, 7) is 6.48. The van der Waals surface area contributed by atoms with Gasteiger partial charge >= 0.3 is 0 Å². The lowest BCUT2D eigenvalue weighted by atomic mass is 10.1. The first kappa shape index (κ1) is 16.5. The largest absolute Gasteiger partial charge is 0.497 e. The molecule has 126 valence electrons. The minimum Gasteiger partial charge on any atom is -0.497 e. The van der Waals surface area contributed by atoms with Gasteiger partial charge in [0.05, 0.1) is 13.2 Å². The maximum Gasteiger partial charge on any atom is 0.244 e. The molecule has 4 nitrogen and oxygen atoms in total. The standard InChI is InChI=1S/C20H24N2O2/c1-15-7-4-5-8-17(15)14-21-11-12-22(20(23)16(21)2)18-9-6-10-19(13-18)24-3/h4-10,13,16H,11-12,14H2,1-3H3. The van der Waals surface area contributed by atoms with Crippen molar-refractivity contribution in [1.29, 1.82) is 0 Å². The van der Waals surface area contributed by atoms with Crippen molar-refractivity contribution >= 4 is 11.6 Å². The Balaban J connectivity index is 1.75. The van der Waals surface area contributed by atoms with Gasteiger partial charge in [0.1, 0.15) is 5.75 Å². The molecule has 1 unspecified atom stereocenters. The van der Waals surface area contributed by atoms with Crippen molar-refractivity contribution < 1.29 is 9.53 Å². The smallest absolute Gasteiger partial charge is 0.244 e. The summed E-state index contributed by atoms with van der Waals surface area (Å²) in [5.41, 5.74) is 3.46. The number of ether oxygens (including phenoxy) is 1. The summed E-state index contributed by atoms with van der Waals surface area (Å²) in [5, 5.41) is 0. The number of rotatable bonds is 4. The Hall–Kier alpha value is -2.33. The molecule has 1 heterocycles. The molecule has 1 aliphatic heterocycles. The fraction of sp³-hybridized carbons (Fsp3) is 0.350. The van der Waals surface area contributed by atoms with Crippen LogP contribution in [-0.4, -0.2) is 37.0 Å². The van der Waals surface area contributed by atoms with Crippen LogP contribution in [0.3, 0.4) is 0 Å². The van der Waals surface area contributed by atoms with E-state index in [1.54, 1.807) is 7.11 Å². The fourth-order valence-corrected chi connectivity index (χ4v) is 3.17. The summed E-state index contributed by atoms with van der Waals surface area (Å²) in [5.74, 6) is 0.915. The summed E-state index contributed by atoms with van der Waals surface area (Å²) in [4.78, 5) is 17.0. The average molecular weight is 324 g/mol. The number of methoxy groups -OCH3 is 1. The van der Waals surface area contributed by atoms with Gasteiger partial charge in [-0.25, -0.2) is 0 Å². The number of carbonyl (C=O) groups is 1. The summed E-state index contributed by atoms with van der Waals surface area (Å²) in [7, 11) is 1.64. The van der Waals surface area contributed by atoms with E-state index in [0.29, 0.717) is 6.54 Å². The van der Waals surface area contributed by atoms with Crippen molar-refractivity contribution in [2.75, 3.05) is 25.1 Å². The van der Waals surface area contributed by atoms with E-state index in [4.69, 9.17) is 4.74 Å². The van der Waals surface area contributed by atoms with E-state index in [0.717, 1.165) is 24.5 Å². The molecule has 3 rings (SSSR count). The highest BCUT2D eigenvalue weighted by Crippen LogP contribution is 2.25. The zero-order valence-electron chi connectivity index (χ0n) is 14.5. The van der Waals surface area contributed by atoms with Crippen LogP contribution in [0.15, 0.2) is 48.5 Å². The van der Waals surface area contributed by atoms with Gasteiger partial charge in [0.15, 0.2) is 0 Å². The van der Waals surface area contributed by atoms with E-state index in [-0.39, 0.29) is 11.9 Å². The van der Waals surface area contributed by atoms with Crippen LogP contribution < -0.4 is 9.64 Å². The Morgan fingerprint density at radius 1 is 1.12 bits per heavy atom. The van der Waals surface area contributed by atoms with Gasteiger partial charge < -0.3 is 9.64 Å². The van der Waals surface area contributed by atoms with Gasteiger partial charge in [-0.1, -0.05) is 30.3 Å². The molecule has 0 aromatic heterocycles. The highest BCUT2D eigenvalue weighted by atomic mass is 16.5. The normalized spacial score (nSPS) is 18.7. The Bertz CT molecular complexity index is 729. The van der Waals surface area contributed by atoms with Gasteiger partial charge in [-0.05, 0) is 37.1 Å². The number of piperazine rings is 1. The Morgan fingerprint density at radius 2 is 1.92 bits per heavy atom. The lowest BCUT2D eigenvalue weighted by molar-refractivity contribution is -0.125. The first-order valence-electron chi connectivity index (χ1n) is 8.34. The molecule has 0 saturated carbocycles. The minimum absolute atomic E-state index is 0.135. The number of hydrogen-bond donors (Lipinski definition) is 0. The van der Waals surface area contributed by atoms with Crippen molar-refractivity contribution in [1.82, 2.24) is 4.90 Å². The lowest BCUT2D eigenvalue weighted by Crippen LogP contribution is -2.55. The molecule has 1 fully saturated rings. The molecule has 1 amide bonds. The molecule has 24 heavy (non-hydrogen) atoms. The molecular formula is C20H24N2O2. The molecule has 0 aliphatic carbocycles. The van der Waals surface area contributed by atoms with Crippen molar-refractivity contribution in [2.24, 2.45) is 0 Å². The van der Waals surface area contributed by atoms with Gasteiger partial charge in [-0.15, -0.1) is 0 Å². The second kappa shape index (κ2) is 7.05. The number of benzene rings is 2. The van der Waals surface area contributed by atoms with E-state index >= 15 is 0 Å². The summed E-state index contributed by atoms with van der Waals surface area (Å²) in [6.07, 6.45) is 0. The van der Waals surface area contributed by atoms with Crippen LogP contribution >= 0.6 is 0 Å². The van der Waals surface area contributed by atoms with Crippen molar-refractivity contribution in [3.8, 4) is 5.75 Å². The lowest BCUT2D eigenvalue weighted by Gasteiger charge is -2.39. The quantitative estimate of drug-likeness (QED) is 0.865. The van der Waals surface area contributed by atoms with Crippen LogP contribution in [0, 0.1) is 6.92 Å². The highest BCUT2D eigenvalue weighted by molar-refractivity contribution is 5.97. The van der Waals surface area contributed by atoms with Crippen LogP contribution in [0.1, 0.15) is 18.1 Å². The van der Waals surface area contributed by atoms with Crippen LogP contribution in [0.5, 0.6) is 5.75 Å². The first-order chi connectivity index (χ1) is 11.6. The number of hydrogen-bond acceptors (Lipinski definition) is 3. The molecule has 1 saturated heterocycles. The Kier molecular flexibility index (Phi) is 4.86. The zero-order valence-corrected chi connectivity index (χ0v) is 14.5. The Labute approximate surface area is 143 Å². The van der Waals surface area contributed by atoms with Gasteiger partial charge in [-0.2, -0.15) is 0 Å². The number of aryl methyl sites for hydroxylation is 1. The maximum atomic E-state index is 12.9. The van der Waals surface area contributed by atoms with Crippen LogP contribution in [0.25, 0.3) is 0 Å². The number of nitrogens with zero attached hydrogens (tertiary/aromatic N) is 2. The third kappa shape index (κ3) is 3.29. The molecule has 4 heteroatoms. The maximum absolute atomic E-state index is 12.9. The van der Waals surface area contributed by atoms with Gasteiger partial charge in [0, 0.05) is 31.4 Å². The van der Waals surface area contributed by atoms with E-state index in [2.05, 4.69) is 30.0 Å². The van der Waals surface area contributed by atoms with Crippen LogP contribution in [0.4, 0.5) is 5.69 Å². The van der Waals surface area contributed by atoms with Crippen molar-refractivity contribution in [3.05, 3.63) is 59.7 Å². The van der Waals surface area contributed by atoms with Crippen molar-refractivity contribution in [3.63, 3.8) is 0 Å². The molecule has 0 radical (unpaired) electrons. The van der Waals surface area contributed by atoms with Crippen LogP contribution in [0.2, 0.25) is 0 Å². The number of carbonyl (C=O) groups excluding carboxylic acids is 1. The monoisotopic (exact) mass is 324 g/mol. The minimum atomic E-state index is -0.135. The zero-order chi connectivity index (χ0) is 17.1. The van der Waals surface area contributed by atoms with E-state index in [1.165, 1.54) is 11.1 Å². The third-order valence-electron chi connectivity index (χ3n) is 4.78. The van der Waals surface area contributed by atoms with Crippen LogP contribution in [-0.2, 0) is 11.3 Å². The molecule has 2 aromatic rings. The molecule has 0 N–H and O–H groups in total. The Morgan fingerprint density at radius 3 is 2.67 bits per heavy atom. The molecule has 1 aliphatic rings. The van der Waals surface area contributed by atoms with Gasteiger partial charge in [0.2, 0.25) is 5.91 Å².